The van der Waals surface area contributed by atoms with Gasteiger partial charge < -0.3 is 14.7 Å². The molecule has 0 spiro atoms. The molecule has 0 unspecified atom stereocenters. The Kier molecular flexibility index (Phi) is 5.66. The van der Waals surface area contributed by atoms with Crippen LogP contribution in [0.2, 0.25) is 5.02 Å². The molecule has 1 heterocycles. The lowest BCUT2D eigenvalue weighted by atomic mass is 10.2. The summed E-state index contributed by atoms with van der Waals surface area (Å²) in [6, 6.07) is 7.68. The van der Waals surface area contributed by atoms with Crippen molar-refractivity contribution in [3.8, 4) is 0 Å². The SMILES string of the molecule is CCN(CC)C(=O)C(=O)N1CCN(c2cccc(Cl)c2)CC1. The number of benzene rings is 1. The Morgan fingerprint density at radius 2 is 1.77 bits per heavy atom. The first kappa shape index (κ1) is 16.6. The van der Waals surface area contributed by atoms with Gasteiger partial charge in [0.05, 0.1) is 0 Å². The lowest BCUT2D eigenvalue weighted by Gasteiger charge is -2.36. The van der Waals surface area contributed by atoms with Gasteiger partial charge in [0.25, 0.3) is 0 Å². The third-order valence-electron chi connectivity index (χ3n) is 3.97. The molecule has 0 aliphatic carbocycles. The Morgan fingerprint density at radius 1 is 1.14 bits per heavy atom. The molecule has 5 nitrogen and oxygen atoms in total. The van der Waals surface area contributed by atoms with Crippen LogP contribution in [0.4, 0.5) is 5.69 Å². The van der Waals surface area contributed by atoms with E-state index < -0.39 is 11.8 Å². The van der Waals surface area contributed by atoms with Gasteiger partial charge in [-0.05, 0) is 32.0 Å². The Balaban J connectivity index is 1.94. The zero-order valence-corrected chi connectivity index (χ0v) is 13.8. The van der Waals surface area contributed by atoms with E-state index in [1.54, 1.807) is 9.80 Å². The van der Waals surface area contributed by atoms with E-state index >= 15 is 0 Å². The highest BCUT2D eigenvalue weighted by atomic mass is 35.5. The molecule has 0 saturated carbocycles. The smallest absolute Gasteiger partial charge is 0.312 e. The highest BCUT2D eigenvalue weighted by Gasteiger charge is 2.28. The molecular weight excluding hydrogens is 302 g/mol. The number of nitrogens with zero attached hydrogens (tertiary/aromatic N) is 3. The number of carbonyl (C=O) groups excluding carboxylic acids is 2. The van der Waals surface area contributed by atoms with Gasteiger partial charge in [0.1, 0.15) is 0 Å². The number of halogens is 1. The monoisotopic (exact) mass is 323 g/mol. The van der Waals surface area contributed by atoms with Crippen LogP contribution < -0.4 is 4.90 Å². The van der Waals surface area contributed by atoms with E-state index in [0.717, 1.165) is 5.69 Å². The minimum atomic E-state index is -0.402. The molecule has 0 N–H and O–H groups in total. The number of anilines is 1. The predicted molar refractivity (Wildman–Crippen MR) is 88.2 cm³/mol. The Labute approximate surface area is 136 Å². The maximum absolute atomic E-state index is 12.2. The summed E-state index contributed by atoms with van der Waals surface area (Å²) in [5, 5.41) is 0.702. The van der Waals surface area contributed by atoms with Gasteiger partial charge in [0.2, 0.25) is 0 Å². The van der Waals surface area contributed by atoms with Crippen molar-refractivity contribution < 1.29 is 9.59 Å². The molecule has 0 bridgehead atoms. The molecule has 2 rings (SSSR count). The first-order chi connectivity index (χ1) is 10.6. The molecule has 0 radical (unpaired) electrons. The Bertz CT molecular complexity index is 538. The molecule has 2 amide bonds. The first-order valence-corrected chi connectivity index (χ1v) is 8.03. The van der Waals surface area contributed by atoms with Gasteiger partial charge in [-0.3, -0.25) is 9.59 Å². The van der Waals surface area contributed by atoms with Crippen molar-refractivity contribution in [3.05, 3.63) is 29.3 Å². The van der Waals surface area contributed by atoms with E-state index in [2.05, 4.69) is 4.90 Å². The number of hydrogen-bond donors (Lipinski definition) is 0. The van der Waals surface area contributed by atoms with Crippen molar-refractivity contribution in [1.82, 2.24) is 9.80 Å². The van der Waals surface area contributed by atoms with Gasteiger partial charge in [0, 0.05) is 50.0 Å². The summed E-state index contributed by atoms with van der Waals surface area (Å²) < 4.78 is 0. The van der Waals surface area contributed by atoms with Crippen molar-refractivity contribution >= 4 is 29.1 Å². The predicted octanol–water partition coefficient (Wildman–Crippen LogP) is 1.86. The van der Waals surface area contributed by atoms with E-state index in [4.69, 9.17) is 11.6 Å². The van der Waals surface area contributed by atoms with Crippen molar-refractivity contribution in [1.29, 1.82) is 0 Å². The fourth-order valence-electron chi connectivity index (χ4n) is 2.62. The summed E-state index contributed by atoms with van der Waals surface area (Å²) in [4.78, 5) is 29.7. The molecule has 1 saturated heterocycles. The molecule has 0 aromatic heterocycles. The van der Waals surface area contributed by atoms with Crippen LogP contribution >= 0.6 is 11.6 Å². The second kappa shape index (κ2) is 7.49. The van der Waals surface area contributed by atoms with Crippen molar-refractivity contribution in [2.24, 2.45) is 0 Å². The second-order valence-corrected chi connectivity index (χ2v) is 5.67. The van der Waals surface area contributed by atoms with Crippen LogP contribution in [0.3, 0.4) is 0 Å². The van der Waals surface area contributed by atoms with Crippen LogP contribution in [0.15, 0.2) is 24.3 Å². The number of piperazine rings is 1. The average Bonchev–Trinajstić information content (AvgIpc) is 2.55. The maximum atomic E-state index is 12.2. The summed E-state index contributed by atoms with van der Waals surface area (Å²) in [6.07, 6.45) is 0. The summed E-state index contributed by atoms with van der Waals surface area (Å²) in [7, 11) is 0. The van der Waals surface area contributed by atoms with Crippen molar-refractivity contribution in [2.75, 3.05) is 44.2 Å². The topological polar surface area (TPSA) is 43.9 Å². The molecule has 6 heteroatoms. The lowest BCUT2D eigenvalue weighted by Crippen LogP contribution is -2.53. The lowest BCUT2D eigenvalue weighted by molar-refractivity contribution is -0.151. The normalized spacial score (nSPS) is 14.9. The molecule has 1 aliphatic heterocycles. The third kappa shape index (κ3) is 3.71. The van der Waals surface area contributed by atoms with Crippen LogP contribution in [0.1, 0.15) is 13.8 Å². The summed E-state index contributed by atoms with van der Waals surface area (Å²) in [5.74, 6) is -0.796. The summed E-state index contributed by atoms with van der Waals surface area (Å²) >= 11 is 6.01. The van der Waals surface area contributed by atoms with E-state index in [-0.39, 0.29) is 0 Å². The van der Waals surface area contributed by atoms with Gasteiger partial charge in [-0.1, -0.05) is 17.7 Å². The van der Waals surface area contributed by atoms with Crippen molar-refractivity contribution in [3.63, 3.8) is 0 Å². The van der Waals surface area contributed by atoms with E-state index in [0.29, 0.717) is 44.3 Å². The number of rotatable bonds is 3. The Morgan fingerprint density at radius 3 is 2.32 bits per heavy atom. The Hall–Kier alpha value is -1.75. The van der Waals surface area contributed by atoms with Crippen LogP contribution in [0, 0.1) is 0 Å². The van der Waals surface area contributed by atoms with Crippen LogP contribution in [0.25, 0.3) is 0 Å². The largest absolute Gasteiger partial charge is 0.368 e. The van der Waals surface area contributed by atoms with Gasteiger partial charge >= 0.3 is 11.8 Å². The van der Waals surface area contributed by atoms with Gasteiger partial charge in [0.15, 0.2) is 0 Å². The minimum absolute atomic E-state index is 0.394. The van der Waals surface area contributed by atoms with Gasteiger partial charge in [-0.25, -0.2) is 0 Å². The first-order valence-electron chi connectivity index (χ1n) is 7.65. The van der Waals surface area contributed by atoms with Gasteiger partial charge in [-0.15, -0.1) is 0 Å². The van der Waals surface area contributed by atoms with Crippen LogP contribution in [-0.2, 0) is 9.59 Å². The average molecular weight is 324 g/mol. The second-order valence-electron chi connectivity index (χ2n) is 5.24. The zero-order chi connectivity index (χ0) is 16.1. The number of hydrogen-bond acceptors (Lipinski definition) is 3. The summed E-state index contributed by atoms with van der Waals surface area (Å²) in [6.45, 7) is 7.40. The molecule has 0 atom stereocenters. The van der Waals surface area contributed by atoms with E-state index in [9.17, 15) is 9.59 Å². The zero-order valence-electron chi connectivity index (χ0n) is 13.1. The molecule has 1 aromatic carbocycles. The molecule has 120 valence electrons. The van der Waals surface area contributed by atoms with E-state index in [1.165, 1.54) is 0 Å². The fraction of sp³-hybridized carbons (Fsp3) is 0.500. The van der Waals surface area contributed by atoms with Gasteiger partial charge in [-0.2, -0.15) is 0 Å². The quantitative estimate of drug-likeness (QED) is 0.798. The molecule has 1 fully saturated rings. The van der Waals surface area contributed by atoms with Crippen LogP contribution in [-0.4, -0.2) is 60.9 Å². The van der Waals surface area contributed by atoms with E-state index in [1.807, 2.05) is 38.1 Å². The number of amides is 2. The summed E-state index contributed by atoms with van der Waals surface area (Å²) in [5.41, 5.74) is 1.05. The molecule has 22 heavy (non-hydrogen) atoms. The molecular formula is C16H22ClN3O2. The molecule has 1 aromatic rings. The van der Waals surface area contributed by atoms with Crippen molar-refractivity contribution in [2.45, 2.75) is 13.8 Å². The highest BCUT2D eigenvalue weighted by Crippen LogP contribution is 2.20. The molecule has 1 aliphatic rings. The number of carbonyl (C=O) groups is 2. The third-order valence-corrected chi connectivity index (χ3v) is 4.21. The fourth-order valence-corrected chi connectivity index (χ4v) is 2.81. The standard InChI is InChI=1S/C16H22ClN3O2/c1-3-18(4-2)15(21)16(22)20-10-8-19(9-11-20)14-7-5-6-13(17)12-14/h5-7,12H,3-4,8-11H2,1-2H3. The number of likely N-dealkylation sites (N-methyl/N-ethyl adjacent to an activating group) is 1. The van der Waals surface area contributed by atoms with Crippen LogP contribution in [0.5, 0.6) is 0 Å². The highest BCUT2D eigenvalue weighted by molar-refractivity contribution is 6.35. The maximum Gasteiger partial charge on any atom is 0.312 e. The minimum Gasteiger partial charge on any atom is -0.368 e.